The first-order valence-corrected chi connectivity index (χ1v) is 8.71. The summed E-state index contributed by atoms with van der Waals surface area (Å²) in [5.74, 6) is 0.444. The van der Waals surface area contributed by atoms with E-state index in [-0.39, 0.29) is 29.7 Å². The Bertz CT molecular complexity index is 1040. The number of amides is 1. The number of carbonyl (C=O) groups is 1. The zero-order valence-electron chi connectivity index (χ0n) is 14.2. The molecule has 0 bridgehead atoms. The molecule has 0 unspecified atom stereocenters. The maximum Gasteiger partial charge on any atom is 0.261 e. The zero-order chi connectivity index (χ0) is 18.1. The van der Waals surface area contributed by atoms with E-state index >= 15 is 0 Å². The summed E-state index contributed by atoms with van der Waals surface area (Å²) in [4.78, 5) is 29.7. The topological polar surface area (TPSA) is 84.2 Å². The molecular weight excluding hydrogens is 330 g/mol. The lowest BCUT2D eigenvalue weighted by Crippen LogP contribution is -2.25. The quantitative estimate of drug-likeness (QED) is 0.694. The van der Waals surface area contributed by atoms with E-state index in [1.807, 2.05) is 18.2 Å². The van der Waals surface area contributed by atoms with E-state index < -0.39 is 0 Å². The standard InChI is InChI=1S/C20H19N3O3/c24-17-8-4-3-7-16(17)22-19(25)12-11-18-21-15-6-2-1-5-14(15)20(26)23(18)13-9-10-13/h1-8,13,24H,9-12H2,(H,22,25). The molecule has 1 aliphatic rings. The highest BCUT2D eigenvalue weighted by Gasteiger charge is 2.28. The molecule has 1 aromatic heterocycles. The fourth-order valence-electron chi connectivity index (χ4n) is 3.09. The van der Waals surface area contributed by atoms with E-state index in [0.29, 0.717) is 28.8 Å². The number of hydrogen-bond donors (Lipinski definition) is 2. The Hall–Kier alpha value is -3.15. The number of anilines is 1. The van der Waals surface area contributed by atoms with E-state index in [2.05, 4.69) is 10.3 Å². The predicted molar refractivity (Wildman–Crippen MR) is 99.3 cm³/mol. The van der Waals surface area contributed by atoms with Gasteiger partial charge in [0.1, 0.15) is 11.6 Å². The number of aromatic nitrogens is 2. The van der Waals surface area contributed by atoms with E-state index in [0.717, 1.165) is 12.8 Å². The second-order valence-electron chi connectivity index (χ2n) is 6.52. The smallest absolute Gasteiger partial charge is 0.261 e. The van der Waals surface area contributed by atoms with Crippen LogP contribution in [0, 0.1) is 0 Å². The van der Waals surface area contributed by atoms with Gasteiger partial charge in [0.15, 0.2) is 0 Å². The minimum atomic E-state index is -0.226. The van der Waals surface area contributed by atoms with E-state index in [1.165, 1.54) is 6.07 Å². The third-order valence-electron chi connectivity index (χ3n) is 4.55. The minimum Gasteiger partial charge on any atom is -0.506 e. The third-order valence-corrected chi connectivity index (χ3v) is 4.55. The number of aromatic hydroxyl groups is 1. The van der Waals surface area contributed by atoms with E-state index in [4.69, 9.17) is 0 Å². The van der Waals surface area contributed by atoms with Crippen LogP contribution in [0.3, 0.4) is 0 Å². The van der Waals surface area contributed by atoms with Crippen LogP contribution >= 0.6 is 0 Å². The average molecular weight is 349 g/mol. The van der Waals surface area contributed by atoms with Crippen LogP contribution in [-0.4, -0.2) is 20.6 Å². The highest BCUT2D eigenvalue weighted by Crippen LogP contribution is 2.35. The highest BCUT2D eigenvalue weighted by atomic mass is 16.3. The number of aryl methyl sites for hydroxylation is 1. The molecule has 1 aliphatic carbocycles. The molecule has 2 aromatic carbocycles. The maximum atomic E-state index is 12.8. The van der Waals surface area contributed by atoms with Crippen LogP contribution in [-0.2, 0) is 11.2 Å². The summed E-state index contributed by atoms with van der Waals surface area (Å²) in [5, 5.41) is 13.1. The van der Waals surface area contributed by atoms with Crippen molar-refractivity contribution in [2.45, 2.75) is 31.7 Å². The summed E-state index contributed by atoms with van der Waals surface area (Å²) >= 11 is 0. The molecule has 3 aromatic rings. The van der Waals surface area contributed by atoms with Crippen LogP contribution in [0.2, 0.25) is 0 Å². The highest BCUT2D eigenvalue weighted by molar-refractivity contribution is 5.92. The van der Waals surface area contributed by atoms with Gasteiger partial charge in [-0.25, -0.2) is 4.98 Å². The second kappa shape index (κ2) is 6.63. The Morgan fingerprint density at radius 2 is 1.88 bits per heavy atom. The molecule has 0 spiro atoms. The Morgan fingerprint density at radius 3 is 2.65 bits per heavy atom. The molecule has 4 rings (SSSR count). The molecule has 0 saturated heterocycles. The lowest BCUT2D eigenvalue weighted by Gasteiger charge is -2.13. The molecule has 6 nitrogen and oxygen atoms in total. The van der Waals surface area contributed by atoms with Gasteiger partial charge in [-0.3, -0.25) is 14.2 Å². The molecular formula is C20H19N3O3. The Kier molecular flexibility index (Phi) is 4.16. The van der Waals surface area contributed by atoms with Crippen LogP contribution < -0.4 is 10.9 Å². The van der Waals surface area contributed by atoms with Crippen molar-refractivity contribution >= 4 is 22.5 Å². The molecule has 1 fully saturated rings. The van der Waals surface area contributed by atoms with Gasteiger partial charge >= 0.3 is 0 Å². The summed E-state index contributed by atoms with van der Waals surface area (Å²) in [6.45, 7) is 0. The van der Waals surface area contributed by atoms with Crippen LogP contribution in [0.25, 0.3) is 10.9 Å². The molecule has 0 radical (unpaired) electrons. The zero-order valence-corrected chi connectivity index (χ0v) is 14.2. The first-order valence-electron chi connectivity index (χ1n) is 8.71. The lowest BCUT2D eigenvalue weighted by molar-refractivity contribution is -0.116. The minimum absolute atomic E-state index is 0.0274. The van der Waals surface area contributed by atoms with Crippen molar-refractivity contribution < 1.29 is 9.90 Å². The van der Waals surface area contributed by atoms with Crippen molar-refractivity contribution in [1.82, 2.24) is 9.55 Å². The van der Waals surface area contributed by atoms with Crippen LogP contribution in [0.4, 0.5) is 5.69 Å². The molecule has 1 heterocycles. The van der Waals surface area contributed by atoms with Crippen LogP contribution in [0.15, 0.2) is 53.3 Å². The van der Waals surface area contributed by atoms with Gasteiger partial charge in [0.25, 0.3) is 5.56 Å². The molecule has 1 amide bonds. The van der Waals surface area contributed by atoms with Gasteiger partial charge in [-0.15, -0.1) is 0 Å². The molecule has 2 N–H and O–H groups in total. The first-order chi connectivity index (χ1) is 12.6. The summed E-state index contributed by atoms with van der Waals surface area (Å²) < 4.78 is 1.75. The number of hydrogen-bond acceptors (Lipinski definition) is 4. The molecule has 0 aliphatic heterocycles. The number of benzene rings is 2. The largest absolute Gasteiger partial charge is 0.506 e. The summed E-state index contributed by atoms with van der Waals surface area (Å²) in [7, 11) is 0. The van der Waals surface area contributed by atoms with Crippen molar-refractivity contribution in [3.8, 4) is 5.75 Å². The predicted octanol–water partition coefficient (Wildman–Crippen LogP) is 3.01. The number of nitrogens with zero attached hydrogens (tertiary/aromatic N) is 2. The van der Waals surface area contributed by atoms with Gasteiger partial charge in [0, 0.05) is 18.9 Å². The SMILES string of the molecule is O=C(CCc1nc2ccccc2c(=O)n1C1CC1)Nc1ccccc1O. The Balaban J connectivity index is 1.57. The maximum absolute atomic E-state index is 12.8. The molecule has 6 heteroatoms. The molecule has 26 heavy (non-hydrogen) atoms. The second-order valence-corrected chi connectivity index (χ2v) is 6.52. The van der Waals surface area contributed by atoms with Gasteiger partial charge in [0.05, 0.1) is 16.6 Å². The summed E-state index contributed by atoms with van der Waals surface area (Å²) in [6, 6.07) is 14.1. The number of carbonyl (C=O) groups excluding carboxylic acids is 1. The van der Waals surface area contributed by atoms with Crippen molar-refractivity contribution in [2.24, 2.45) is 0 Å². The lowest BCUT2D eigenvalue weighted by atomic mass is 10.2. The Labute approximate surface area is 150 Å². The van der Waals surface area contributed by atoms with Crippen LogP contribution in [0.5, 0.6) is 5.75 Å². The van der Waals surface area contributed by atoms with E-state index in [1.54, 1.807) is 28.8 Å². The molecule has 0 atom stereocenters. The van der Waals surface area contributed by atoms with E-state index in [9.17, 15) is 14.7 Å². The Morgan fingerprint density at radius 1 is 1.15 bits per heavy atom. The fourth-order valence-corrected chi connectivity index (χ4v) is 3.09. The van der Waals surface area contributed by atoms with Crippen molar-refractivity contribution in [3.63, 3.8) is 0 Å². The van der Waals surface area contributed by atoms with Crippen molar-refractivity contribution in [3.05, 3.63) is 64.7 Å². The number of para-hydroxylation sites is 3. The van der Waals surface area contributed by atoms with Gasteiger partial charge < -0.3 is 10.4 Å². The molecule has 1 saturated carbocycles. The number of nitrogens with one attached hydrogen (secondary N) is 1. The number of rotatable bonds is 5. The van der Waals surface area contributed by atoms with Crippen LogP contribution in [0.1, 0.15) is 31.1 Å². The third kappa shape index (κ3) is 3.18. The van der Waals surface area contributed by atoms with Crippen molar-refractivity contribution in [2.75, 3.05) is 5.32 Å². The number of fused-ring (bicyclic) bond motifs is 1. The normalized spacial score (nSPS) is 13.7. The summed E-state index contributed by atoms with van der Waals surface area (Å²) in [5.41, 5.74) is 1.00. The van der Waals surface area contributed by atoms with Gasteiger partial charge in [-0.1, -0.05) is 24.3 Å². The molecule has 132 valence electrons. The summed E-state index contributed by atoms with van der Waals surface area (Å²) in [6.07, 6.45) is 2.50. The first kappa shape index (κ1) is 16.3. The van der Waals surface area contributed by atoms with Crippen molar-refractivity contribution in [1.29, 1.82) is 0 Å². The number of phenols is 1. The number of phenolic OH excluding ortho intramolecular Hbond substituents is 1. The monoisotopic (exact) mass is 349 g/mol. The van der Waals surface area contributed by atoms with Gasteiger partial charge in [-0.2, -0.15) is 0 Å². The fraction of sp³-hybridized carbons (Fsp3) is 0.250. The average Bonchev–Trinajstić information content (AvgIpc) is 3.47. The van der Waals surface area contributed by atoms with Gasteiger partial charge in [0.2, 0.25) is 5.91 Å². The van der Waals surface area contributed by atoms with Gasteiger partial charge in [-0.05, 0) is 37.1 Å².